The van der Waals surface area contributed by atoms with E-state index in [-0.39, 0.29) is 23.1 Å². The molecule has 0 spiro atoms. The third-order valence-electron chi connectivity index (χ3n) is 6.04. The zero-order chi connectivity index (χ0) is 19.8. The summed E-state index contributed by atoms with van der Waals surface area (Å²) in [6.07, 6.45) is -0.759. The van der Waals surface area contributed by atoms with Gasteiger partial charge in [0.15, 0.2) is 0 Å². The standard InChI is InChI=1S/C20H30N2O4/c1-14(15-9-7-6-8-10-15)21-16-11-12-22(18(25)26,19(2,3)4)13-20(16,5)17(23)24/h6-10,14,16,21H,11-13H2,1-5H3,(H-,23,24,25,26)/t14-,16-,20+,22?/m1/s1. The number of carboxylic acid groups (broad SMARTS) is 2. The maximum atomic E-state index is 12.2. The van der Waals surface area contributed by atoms with Gasteiger partial charge in [0, 0.05) is 18.5 Å². The van der Waals surface area contributed by atoms with Crippen LogP contribution in [0.5, 0.6) is 0 Å². The van der Waals surface area contributed by atoms with Crippen LogP contribution in [0.2, 0.25) is 0 Å². The molecule has 26 heavy (non-hydrogen) atoms. The Hall–Kier alpha value is -1.92. The number of nitrogens with one attached hydrogen (secondary N) is 1. The molecule has 1 amide bonds. The van der Waals surface area contributed by atoms with Gasteiger partial charge < -0.3 is 20.3 Å². The zero-order valence-corrected chi connectivity index (χ0v) is 16.3. The molecule has 2 rings (SSSR count). The van der Waals surface area contributed by atoms with Gasteiger partial charge in [0.1, 0.15) is 12.0 Å². The molecule has 0 bridgehead atoms. The second kappa shape index (κ2) is 7.00. The summed E-state index contributed by atoms with van der Waals surface area (Å²) >= 11 is 0. The second-order valence-corrected chi connectivity index (χ2v) is 8.65. The lowest BCUT2D eigenvalue weighted by Gasteiger charge is -2.56. The average Bonchev–Trinajstić information content (AvgIpc) is 2.56. The van der Waals surface area contributed by atoms with Gasteiger partial charge in [-0.05, 0) is 40.2 Å². The minimum atomic E-state index is -1.21. The summed E-state index contributed by atoms with van der Waals surface area (Å²) in [6.45, 7) is 9.45. The number of aliphatic carboxylic acids is 1. The highest BCUT2D eigenvalue weighted by molar-refractivity contribution is 5.76. The molecule has 2 N–H and O–H groups in total. The third-order valence-corrected chi connectivity index (χ3v) is 6.04. The topological polar surface area (TPSA) is 89.5 Å². The Morgan fingerprint density at radius 3 is 2.35 bits per heavy atom. The lowest BCUT2D eigenvalue weighted by atomic mass is 9.74. The van der Waals surface area contributed by atoms with Crippen LogP contribution in [0.4, 0.5) is 4.79 Å². The molecule has 1 saturated heterocycles. The third kappa shape index (κ3) is 3.48. The number of nitrogens with zero attached hydrogens (tertiary/aromatic N) is 1. The summed E-state index contributed by atoms with van der Waals surface area (Å²) in [4.78, 5) is 24.2. The minimum Gasteiger partial charge on any atom is -0.498 e. The van der Waals surface area contributed by atoms with Gasteiger partial charge in [-0.1, -0.05) is 30.3 Å². The van der Waals surface area contributed by atoms with Crippen LogP contribution in [0.15, 0.2) is 30.3 Å². The predicted molar refractivity (Wildman–Crippen MR) is 97.3 cm³/mol. The Labute approximate surface area is 155 Å². The van der Waals surface area contributed by atoms with Crippen molar-refractivity contribution in [1.82, 2.24) is 5.32 Å². The fourth-order valence-corrected chi connectivity index (χ4v) is 4.04. The van der Waals surface area contributed by atoms with Gasteiger partial charge in [-0.3, -0.25) is 9.28 Å². The van der Waals surface area contributed by atoms with Crippen molar-refractivity contribution >= 4 is 12.1 Å². The van der Waals surface area contributed by atoms with E-state index < -0.39 is 23.0 Å². The highest BCUT2D eigenvalue weighted by Gasteiger charge is 2.57. The van der Waals surface area contributed by atoms with Crippen molar-refractivity contribution in [3.63, 3.8) is 0 Å². The molecule has 1 aliphatic rings. The lowest BCUT2D eigenvalue weighted by molar-refractivity contribution is -0.929. The Kier molecular flexibility index (Phi) is 5.49. The molecule has 0 saturated carbocycles. The van der Waals surface area contributed by atoms with Crippen LogP contribution in [0, 0.1) is 5.41 Å². The quantitative estimate of drug-likeness (QED) is 0.801. The molecule has 0 radical (unpaired) electrons. The van der Waals surface area contributed by atoms with E-state index in [1.54, 1.807) is 6.92 Å². The minimum absolute atomic E-state index is 0.00660. The summed E-state index contributed by atoms with van der Waals surface area (Å²) in [5, 5.41) is 25.4. The SMILES string of the molecule is C[C@@H](N[C@@H]1CC[N+](C(=O)[O-])(C(C)(C)C)C[C@]1(C)C(=O)O)c1ccccc1. The van der Waals surface area contributed by atoms with Gasteiger partial charge >= 0.3 is 5.97 Å². The number of carbonyl (C=O) groups excluding carboxylic acids is 1. The van der Waals surface area contributed by atoms with Crippen molar-refractivity contribution in [3.8, 4) is 0 Å². The molecule has 6 nitrogen and oxygen atoms in total. The molecule has 0 aromatic heterocycles. The maximum Gasteiger partial charge on any atom is 0.316 e. The predicted octanol–water partition coefficient (Wildman–Crippen LogP) is 2.16. The number of amides is 1. The van der Waals surface area contributed by atoms with Gasteiger partial charge in [-0.15, -0.1) is 0 Å². The summed E-state index contributed by atoms with van der Waals surface area (Å²) in [5.41, 5.74) is -0.789. The number of benzene rings is 1. The highest BCUT2D eigenvalue weighted by Crippen LogP contribution is 2.40. The van der Waals surface area contributed by atoms with Crippen LogP contribution >= 0.6 is 0 Å². The van der Waals surface area contributed by atoms with E-state index in [9.17, 15) is 19.8 Å². The van der Waals surface area contributed by atoms with Gasteiger partial charge in [-0.2, -0.15) is 0 Å². The first-order chi connectivity index (χ1) is 11.9. The maximum absolute atomic E-state index is 12.2. The molecule has 1 fully saturated rings. The Morgan fingerprint density at radius 1 is 1.31 bits per heavy atom. The molecule has 4 atom stereocenters. The first-order valence-corrected chi connectivity index (χ1v) is 9.07. The number of hydrogen-bond donors (Lipinski definition) is 2. The summed E-state index contributed by atoms with van der Waals surface area (Å²) in [6, 6.07) is 9.46. The van der Waals surface area contributed by atoms with Crippen LogP contribution in [-0.2, 0) is 4.79 Å². The summed E-state index contributed by atoms with van der Waals surface area (Å²) in [7, 11) is 0. The highest BCUT2D eigenvalue weighted by atomic mass is 16.4. The zero-order valence-electron chi connectivity index (χ0n) is 16.3. The monoisotopic (exact) mass is 362 g/mol. The molecule has 144 valence electrons. The van der Waals surface area contributed by atoms with Crippen molar-refractivity contribution < 1.29 is 24.3 Å². The number of carbonyl (C=O) groups is 2. The summed E-state index contributed by atoms with van der Waals surface area (Å²) < 4.78 is -0.353. The van der Waals surface area contributed by atoms with Crippen molar-refractivity contribution in [2.45, 2.75) is 58.7 Å². The first kappa shape index (κ1) is 20.4. The van der Waals surface area contributed by atoms with Crippen LogP contribution in [0.25, 0.3) is 0 Å². The van der Waals surface area contributed by atoms with Crippen LogP contribution in [0.1, 0.15) is 52.6 Å². The Balaban J connectivity index is 2.33. The molecular formula is C20H30N2O4. The number of likely N-dealkylation sites (tertiary alicyclic amines) is 1. The Morgan fingerprint density at radius 2 is 1.88 bits per heavy atom. The molecule has 1 aliphatic heterocycles. The van der Waals surface area contributed by atoms with E-state index in [1.807, 2.05) is 58.0 Å². The van der Waals surface area contributed by atoms with Gasteiger partial charge in [0.05, 0.1) is 12.1 Å². The Bertz CT molecular complexity index is 670. The van der Waals surface area contributed by atoms with E-state index in [1.165, 1.54) is 0 Å². The van der Waals surface area contributed by atoms with Crippen molar-refractivity contribution in [2.75, 3.05) is 13.1 Å². The van der Waals surface area contributed by atoms with Crippen molar-refractivity contribution in [3.05, 3.63) is 35.9 Å². The van der Waals surface area contributed by atoms with Gasteiger partial charge in [0.2, 0.25) is 0 Å². The number of hydrogen-bond acceptors (Lipinski definition) is 4. The molecular weight excluding hydrogens is 332 g/mol. The average molecular weight is 362 g/mol. The van der Waals surface area contributed by atoms with Crippen LogP contribution < -0.4 is 10.4 Å². The molecule has 6 heteroatoms. The normalized spacial score (nSPS) is 30.6. The number of quaternary nitrogens is 1. The van der Waals surface area contributed by atoms with Crippen molar-refractivity contribution in [1.29, 1.82) is 0 Å². The fraction of sp³-hybridized carbons (Fsp3) is 0.600. The van der Waals surface area contributed by atoms with Crippen LogP contribution in [-0.4, -0.2) is 46.3 Å². The molecule has 1 heterocycles. The van der Waals surface area contributed by atoms with E-state index in [0.29, 0.717) is 13.0 Å². The number of rotatable bonds is 4. The van der Waals surface area contributed by atoms with Crippen LogP contribution in [0.3, 0.4) is 0 Å². The first-order valence-electron chi connectivity index (χ1n) is 9.07. The fourth-order valence-electron chi connectivity index (χ4n) is 4.04. The summed E-state index contributed by atoms with van der Waals surface area (Å²) in [5.74, 6) is -0.983. The molecule has 1 unspecified atom stereocenters. The molecule has 1 aromatic carbocycles. The van der Waals surface area contributed by atoms with E-state index in [4.69, 9.17) is 0 Å². The number of piperidine rings is 1. The van der Waals surface area contributed by atoms with Gasteiger partial charge in [-0.25, -0.2) is 0 Å². The van der Waals surface area contributed by atoms with E-state index in [0.717, 1.165) is 5.56 Å². The molecule has 0 aliphatic carbocycles. The number of carboxylic acids is 1. The smallest absolute Gasteiger partial charge is 0.316 e. The second-order valence-electron chi connectivity index (χ2n) is 8.65. The van der Waals surface area contributed by atoms with E-state index in [2.05, 4.69) is 5.32 Å². The van der Waals surface area contributed by atoms with Crippen molar-refractivity contribution in [2.24, 2.45) is 5.41 Å². The largest absolute Gasteiger partial charge is 0.498 e. The van der Waals surface area contributed by atoms with E-state index >= 15 is 0 Å². The lowest BCUT2D eigenvalue weighted by Crippen LogP contribution is -2.76. The van der Waals surface area contributed by atoms with Gasteiger partial charge in [0.25, 0.3) is 6.09 Å². The molecule has 1 aromatic rings.